The number of hydrogen-bond donors (Lipinski definition) is 2. The van der Waals surface area contributed by atoms with Crippen molar-refractivity contribution in [3.8, 4) is 10.4 Å². The summed E-state index contributed by atoms with van der Waals surface area (Å²) in [5.41, 5.74) is 4.16. The van der Waals surface area contributed by atoms with Crippen molar-refractivity contribution in [3.05, 3.63) is 33.6 Å². The van der Waals surface area contributed by atoms with E-state index in [9.17, 15) is 4.79 Å². The summed E-state index contributed by atoms with van der Waals surface area (Å²) in [6.07, 6.45) is 7.07. The summed E-state index contributed by atoms with van der Waals surface area (Å²) in [5.74, 6) is 0.808. The molecular weight excluding hydrogens is 334 g/mol. The molecule has 0 aromatic carbocycles. The minimum Gasteiger partial charge on any atom is -0.308 e. The second kappa shape index (κ2) is 5.25. The molecule has 25 heavy (non-hydrogen) atoms. The van der Waals surface area contributed by atoms with E-state index >= 15 is 0 Å². The number of nitrogens with zero attached hydrogens (tertiary/aromatic N) is 3. The summed E-state index contributed by atoms with van der Waals surface area (Å²) in [6.45, 7) is 3.22. The first kappa shape index (κ1) is 15.3. The Labute approximate surface area is 149 Å². The molecule has 1 atom stereocenters. The van der Waals surface area contributed by atoms with Crippen LogP contribution in [-0.2, 0) is 18.4 Å². The molecule has 0 spiro atoms. The van der Waals surface area contributed by atoms with E-state index in [0.29, 0.717) is 0 Å². The van der Waals surface area contributed by atoms with E-state index in [4.69, 9.17) is 4.98 Å². The number of aromatic nitrogens is 4. The van der Waals surface area contributed by atoms with Crippen molar-refractivity contribution in [2.24, 2.45) is 0 Å². The lowest BCUT2D eigenvalue weighted by molar-refractivity contribution is 0.185. The first-order valence-corrected chi connectivity index (χ1v) is 9.70. The zero-order valence-electron chi connectivity index (χ0n) is 14.5. The Kier molecular flexibility index (Phi) is 3.21. The third-order valence-corrected chi connectivity index (χ3v) is 7.21. The molecule has 1 fully saturated rings. The Hall–Kier alpha value is -1.99. The molecule has 130 valence electrons. The van der Waals surface area contributed by atoms with Gasteiger partial charge in [0.15, 0.2) is 0 Å². The number of fused-ring (bicyclic) bond motifs is 5. The third kappa shape index (κ3) is 2.09. The highest BCUT2D eigenvalue weighted by Crippen LogP contribution is 2.42. The molecule has 3 aromatic heterocycles. The molecule has 1 unspecified atom stereocenters. The molecule has 0 radical (unpaired) electrons. The first-order chi connectivity index (χ1) is 12.1. The topological polar surface area (TPSA) is 77.7 Å². The summed E-state index contributed by atoms with van der Waals surface area (Å²) >= 11 is 1.56. The molecule has 2 aliphatic rings. The SMILES string of the molecule is CN1CCCC1(C)c1nc2c3c(sc2c(=O)[nH]1)-c1c[nH]nc1CCC3. The standard InChI is InChI=1S/C18H21N5OS/c1-18(7-4-8-23(18)2)17-20-13-10-5-3-6-12-11(9-19-22-12)14(10)25-15(13)16(24)21-17/h9H,3-8H2,1-2H3,(H,19,22)(H,20,21,24). The molecule has 0 saturated carbocycles. The Morgan fingerprint density at radius 1 is 1.32 bits per heavy atom. The highest BCUT2D eigenvalue weighted by atomic mass is 32.1. The van der Waals surface area contributed by atoms with Gasteiger partial charge in [0.05, 0.1) is 16.7 Å². The van der Waals surface area contributed by atoms with E-state index < -0.39 is 0 Å². The Balaban J connectivity index is 1.77. The lowest BCUT2D eigenvalue weighted by Gasteiger charge is -2.30. The first-order valence-electron chi connectivity index (χ1n) is 8.88. The van der Waals surface area contributed by atoms with Gasteiger partial charge in [0.1, 0.15) is 10.5 Å². The van der Waals surface area contributed by atoms with Crippen LogP contribution < -0.4 is 5.56 Å². The van der Waals surface area contributed by atoms with Crippen molar-refractivity contribution in [1.82, 2.24) is 25.1 Å². The van der Waals surface area contributed by atoms with Gasteiger partial charge in [-0.2, -0.15) is 5.10 Å². The van der Waals surface area contributed by atoms with E-state index in [0.717, 1.165) is 70.8 Å². The average Bonchev–Trinajstić information content (AvgIpc) is 3.25. The molecule has 0 bridgehead atoms. The summed E-state index contributed by atoms with van der Waals surface area (Å²) in [7, 11) is 2.11. The van der Waals surface area contributed by atoms with Crippen LogP contribution in [0.25, 0.3) is 20.7 Å². The molecule has 4 heterocycles. The zero-order chi connectivity index (χ0) is 17.2. The maximum Gasteiger partial charge on any atom is 0.268 e. The quantitative estimate of drug-likeness (QED) is 0.704. The van der Waals surface area contributed by atoms with Gasteiger partial charge in [-0.1, -0.05) is 0 Å². The molecule has 1 aliphatic heterocycles. The van der Waals surface area contributed by atoms with Gasteiger partial charge in [-0.25, -0.2) is 4.98 Å². The van der Waals surface area contributed by atoms with Crippen LogP contribution >= 0.6 is 11.3 Å². The second-order valence-corrected chi connectivity index (χ2v) is 8.42. The number of rotatable bonds is 1. The van der Waals surface area contributed by atoms with Crippen molar-refractivity contribution in [2.45, 2.75) is 44.6 Å². The summed E-state index contributed by atoms with van der Waals surface area (Å²) in [4.78, 5) is 24.4. The number of aromatic amines is 2. The van der Waals surface area contributed by atoms with Crippen molar-refractivity contribution < 1.29 is 0 Å². The van der Waals surface area contributed by atoms with Crippen molar-refractivity contribution >= 4 is 21.6 Å². The predicted molar refractivity (Wildman–Crippen MR) is 99.1 cm³/mol. The molecule has 1 aliphatic carbocycles. The van der Waals surface area contributed by atoms with Gasteiger partial charge < -0.3 is 4.98 Å². The maximum atomic E-state index is 12.8. The molecule has 0 amide bonds. The monoisotopic (exact) mass is 355 g/mol. The molecule has 2 N–H and O–H groups in total. The minimum absolute atomic E-state index is 0.00959. The summed E-state index contributed by atoms with van der Waals surface area (Å²) in [5, 5.41) is 7.36. The van der Waals surface area contributed by atoms with E-state index in [-0.39, 0.29) is 11.1 Å². The maximum absolute atomic E-state index is 12.8. The molecule has 6 nitrogen and oxygen atoms in total. The Bertz CT molecular complexity index is 1030. The number of aryl methyl sites for hydroxylation is 2. The van der Waals surface area contributed by atoms with Crippen molar-refractivity contribution in [3.63, 3.8) is 0 Å². The van der Waals surface area contributed by atoms with Crippen LogP contribution in [0.5, 0.6) is 0 Å². The normalized spacial score (nSPS) is 23.6. The summed E-state index contributed by atoms with van der Waals surface area (Å²) in [6, 6.07) is 0. The number of nitrogens with one attached hydrogen (secondary N) is 2. The lowest BCUT2D eigenvalue weighted by atomic mass is 9.98. The van der Waals surface area contributed by atoms with Gasteiger partial charge in [-0.15, -0.1) is 11.3 Å². The van der Waals surface area contributed by atoms with Crippen LogP contribution in [0.1, 0.15) is 43.3 Å². The zero-order valence-corrected chi connectivity index (χ0v) is 15.3. The fraction of sp³-hybridized carbons (Fsp3) is 0.500. The van der Waals surface area contributed by atoms with Gasteiger partial charge in [0.25, 0.3) is 5.56 Å². The second-order valence-electron chi connectivity index (χ2n) is 7.40. The van der Waals surface area contributed by atoms with E-state index in [2.05, 4.69) is 34.1 Å². The predicted octanol–water partition coefficient (Wildman–Crippen LogP) is 2.80. The van der Waals surface area contributed by atoms with Crippen LogP contribution in [0.2, 0.25) is 0 Å². The molecule has 7 heteroatoms. The molecule has 3 aromatic rings. The number of H-pyrrole nitrogens is 2. The highest BCUT2D eigenvalue weighted by Gasteiger charge is 2.38. The minimum atomic E-state index is -0.187. The largest absolute Gasteiger partial charge is 0.308 e. The van der Waals surface area contributed by atoms with E-state index in [1.54, 1.807) is 11.3 Å². The van der Waals surface area contributed by atoms with E-state index in [1.165, 1.54) is 5.56 Å². The fourth-order valence-electron chi connectivity index (χ4n) is 4.27. The number of likely N-dealkylation sites (tertiary alicyclic amines) is 1. The summed E-state index contributed by atoms with van der Waals surface area (Å²) < 4.78 is 0.743. The van der Waals surface area contributed by atoms with Crippen LogP contribution in [0.4, 0.5) is 0 Å². The average molecular weight is 355 g/mol. The van der Waals surface area contributed by atoms with Crippen LogP contribution in [0.3, 0.4) is 0 Å². The number of thiophene rings is 1. The third-order valence-electron chi connectivity index (χ3n) is 5.95. The lowest BCUT2D eigenvalue weighted by Crippen LogP contribution is -2.38. The van der Waals surface area contributed by atoms with Crippen molar-refractivity contribution in [1.29, 1.82) is 0 Å². The van der Waals surface area contributed by atoms with Gasteiger partial charge in [-0.3, -0.25) is 14.8 Å². The Morgan fingerprint density at radius 3 is 3.00 bits per heavy atom. The van der Waals surface area contributed by atoms with E-state index in [1.807, 2.05) is 6.20 Å². The van der Waals surface area contributed by atoms with Gasteiger partial charge in [0, 0.05) is 16.6 Å². The van der Waals surface area contributed by atoms with Crippen LogP contribution in [0, 0.1) is 0 Å². The van der Waals surface area contributed by atoms with Crippen LogP contribution in [-0.4, -0.2) is 38.7 Å². The van der Waals surface area contributed by atoms with Gasteiger partial charge in [-0.05, 0) is 58.2 Å². The number of hydrogen-bond acceptors (Lipinski definition) is 5. The molecule has 5 rings (SSSR count). The Morgan fingerprint density at radius 2 is 2.20 bits per heavy atom. The molecule has 1 saturated heterocycles. The van der Waals surface area contributed by atoms with Crippen LogP contribution in [0.15, 0.2) is 11.0 Å². The molecular formula is C18H21N5OS. The van der Waals surface area contributed by atoms with Crippen molar-refractivity contribution in [2.75, 3.05) is 13.6 Å². The van der Waals surface area contributed by atoms with Gasteiger partial charge >= 0.3 is 0 Å². The highest BCUT2D eigenvalue weighted by molar-refractivity contribution is 7.22. The smallest absolute Gasteiger partial charge is 0.268 e. The van der Waals surface area contributed by atoms with Gasteiger partial charge in [0.2, 0.25) is 0 Å². The fourth-order valence-corrected chi connectivity index (χ4v) is 5.49.